The zero-order valence-electron chi connectivity index (χ0n) is 11.0. The van der Waals surface area contributed by atoms with Crippen LogP contribution in [0.25, 0.3) is 11.0 Å². The molecule has 0 atom stereocenters. The molecule has 92 valence electrons. The van der Waals surface area contributed by atoms with Gasteiger partial charge in [-0.25, -0.2) is 9.97 Å². The van der Waals surface area contributed by atoms with Gasteiger partial charge in [0.2, 0.25) is 0 Å². The molecule has 2 aromatic heterocycles. The first-order chi connectivity index (χ1) is 8.08. The molecule has 0 aliphatic carbocycles. The molecular weight excluding hydrogens is 212 g/mol. The Kier molecular flexibility index (Phi) is 3.15. The average molecular weight is 232 g/mol. The number of rotatable bonds is 3. The van der Waals surface area contributed by atoms with Crippen molar-refractivity contribution < 1.29 is 0 Å². The van der Waals surface area contributed by atoms with Crippen LogP contribution in [0.4, 0.5) is 0 Å². The molecule has 0 spiro atoms. The minimum absolute atomic E-state index is 0.386. The predicted molar refractivity (Wildman–Crippen MR) is 69.9 cm³/mol. The van der Waals surface area contributed by atoms with Gasteiger partial charge in [-0.15, -0.1) is 0 Å². The molecule has 0 saturated heterocycles. The molecule has 0 fully saturated rings. The number of nitrogens with zero attached hydrogens (tertiary/aromatic N) is 3. The molecule has 0 amide bonds. The lowest BCUT2D eigenvalue weighted by Crippen LogP contribution is -2.03. The van der Waals surface area contributed by atoms with Crippen LogP contribution in [0.2, 0.25) is 0 Å². The van der Waals surface area contributed by atoms with E-state index in [1.54, 1.807) is 0 Å². The van der Waals surface area contributed by atoms with Gasteiger partial charge in [0.05, 0.1) is 5.69 Å². The number of nitrogens with two attached hydrogens (primary N) is 1. The molecule has 2 heterocycles. The summed E-state index contributed by atoms with van der Waals surface area (Å²) in [4.78, 5) is 9.16. The van der Waals surface area contributed by atoms with E-state index in [2.05, 4.69) is 41.5 Å². The van der Waals surface area contributed by atoms with E-state index in [9.17, 15) is 0 Å². The second-order valence-corrected chi connectivity index (χ2v) is 4.64. The van der Waals surface area contributed by atoms with E-state index in [4.69, 9.17) is 5.73 Å². The minimum atomic E-state index is 0.386. The summed E-state index contributed by atoms with van der Waals surface area (Å²) in [6, 6.07) is 0.386. The molecule has 4 nitrogen and oxygen atoms in total. The van der Waals surface area contributed by atoms with Gasteiger partial charge in [0.15, 0.2) is 0 Å². The predicted octanol–water partition coefficient (Wildman–Crippen LogP) is 2.34. The Morgan fingerprint density at radius 2 is 2.06 bits per heavy atom. The molecule has 4 heteroatoms. The normalized spacial score (nSPS) is 11.6. The number of hydrogen-bond donors (Lipinski definition) is 1. The minimum Gasteiger partial charge on any atom is -0.330 e. The molecule has 0 aliphatic rings. The van der Waals surface area contributed by atoms with Gasteiger partial charge in [-0.05, 0) is 26.3 Å². The highest BCUT2D eigenvalue weighted by Crippen LogP contribution is 2.25. The molecule has 2 rings (SSSR count). The van der Waals surface area contributed by atoms with Crippen LogP contribution in [0.5, 0.6) is 0 Å². The largest absolute Gasteiger partial charge is 0.330 e. The highest BCUT2D eigenvalue weighted by Gasteiger charge is 2.14. The van der Waals surface area contributed by atoms with Crippen LogP contribution in [0, 0.1) is 6.92 Å². The van der Waals surface area contributed by atoms with Crippen molar-refractivity contribution in [2.75, 3.05) is 0 Å². The van der Waals surface area contributed by atoms with Gasteiger partial charge in [0.1, 0.15) is 11.5 Å². The van der Waals surface area contributed by atoms with E-state index in [0.717, 1.165) is 34.5 Å². The van der Waals surface area contributed by atoms with Crippen molar-refractivity contribution in [2.24, 2.45) is 5.73 Å². The molecule has 2 N–H and O–H groups in total. The van der Waals surface area contributed by atoms with Crippen LogP contribution < -0.4 is 5.73 Å². The van der Waals surface area contributed by atoms with Crippen LogP contribution in [0.15, 0.2) is 6.20 Å². The zero-order valence-corrected chi connectivity index (χ0v) is 11.0. The third-order valence-corrected chi connectivity index (χ3v) is 3.07. The first-order valence-electron chi connectivity index (χ1n) is 6.15. The Labute approximate surface area is 102 Å². The maximum absolute atomic E-state index is 5.80. The van der Waals surface area contributed by atoms with Crippen molar-refractivity contribution in [1.29, 1.82) is 0 Å². The number of aryl methyl sites for hydroxylation is 2. The van der Waals surface area contributed by atoms with Crippen molar-refractivity contribution in [3.05, 3.63) is 23.3 Å². The highest BCUT2D eigenvalue weighted by molar-refractivity contribution is 5.83. The summed E-state index contributed by atoms with van der Waals surface area (Å²) in [5.41, 5.74) is 8.99. The smallest absolute Gasteiger partial charge is 0.144 e. The number of hydrogen-bond acceptors (Lipinski definition) is 3. The van der Waals surface area contributed by atoms with E-state index in [0.29, 0.717) is 12.6 Å². The first-order valence-corrected chi connectivity index (χ1v) is 6.15. The third-order valence-electron chi connectivity index (χ3n) is 3.07. The van der Waals surface area contributed by atoms with Gasteiger partial charge >= 0.3 is 0 Å². The Morgan fingerprint density at radius 3 is 2.59 bits per heavy atom. The summed E-state index contributed by atoms with van der Waals surface area (Å²) >= 11 is 0. The third kappa shape index (κ3) is 1.93. The second-order valence-electron chi connectivity index (χ2n) is 4.64. The van der Waals surface area contributed by atoms with E-state index in [1.165, 1.54) is 0 Å². The lowest BCUT2D eigenvalue weighted by Gasteiger charge is -2.09. The van der Waals surface area contributed by atoms with Crippen LogP contribution >= 0.6 is 0 Å². The van der Waals surface area contributed by atoms with E-state index >= 15 is 0 Å². The lowest BCUT2D eigenvalue weighted by atomic mass is 10.2. The second kappa shape index (κ2) is 4.45. The van der Waals surface area contributed by atoms with E-state index < -0.39 is 0 Å². The van der Waals surface area contributed by atoms with Crippen LogP contribution in [-0.2, 0) is 13.0 Å². The Morgan fingerprint density at radius 1 is 1.35 bits per heavy atom. The topological polar surface area (TPSA) is 56.7 Å². The van der Waals surface area contributed by atoms with E-state index in [1.807, 2.05) is 6.92 Å². The van der Waals surface area contributed by atoms with Crippen molar-refractivity contribution in [2.45, 2.75) is 46.7 Å². The van der Waals surface area contributed by atoms with Gasteiger partial charge in [-0.1, -0.05) is 6.92 Å². The Balaban J connectivity index is 2.80. The summed E-state index contributed by atoms with van der Waals surface area (Å²) < 4.78 is 2.19. The van der Waals surface area contributed by atoms with Gasteiger partial charge in [0, 0.05) is 30.6 Å². The quantitative estimate of drug-likeness (QED) is 0.883. The van der Waals surface area contributed by atoms with E-state index in [-0.39, 0.29) is 0 Å². The number of aromatic nitrogens is 3. The van der Waals surface area contributed by atoms with Crippen molar-refractivity contribution in [3.8, 4) is 0 Å². The molecule has 0 aromatic carbocycles. The zero-order chi connectivity index (χ0) is 12.6. The molecule has 0 radical (unpaired) electrons. The van der Waals surface area contributed by atoms with Crippen molar-refractivity contribution >= 4 is 11.0 Å². The Hall–Kier alpha value is -1.42. The lowest BCUT2D eigenvalue weighted by molar-refractivity contribution is 0.614. The molecule has 0 unspecified atom stereocenters. The van der Waals surface area contributed by atoms with Gasteiger partial charge < -0.3 is 10.3 Å². The molecule has 17 heavy (non-hydrogen) atoms. The summed E-state index contributed by atoms with van der Waals surface area (Å²) in [5.74, 6) is 0.901. The molecule has 0 saturated carbocycles. The monoisotopic (exact) mass is 232 g/mol. The average Bonchev–Trinajstić information content (AvgIpc) is 2.68. The molecular formula is C13H20N4. The number of fused-ring (bicyclic) bond motifs is 1. The fourth-order valence-corrected chi connectivity index (χ4v) is 2.18. The SMILES string of the molecule is CCc1nc(C)c2c(CN)cn(C(C)C)c2n1. The standard InChI is InChI=1S/C13H20N4/c1-5-11-15-9(4)12-10(6-14)7-17(8(2)3)13(12)16-11/h7-8H,5-6,14H2,1-4H3. The van der Waals surface area contributed by atoms with Crippen molar-refractivity contribution in [1.82, 2.24) is 14.5 Å². The fourth-order valence-electron chi connectivity index (χ4n) is 2.18. The first kappa shape index (κ1) is 12.0. The maximum atomic E-state index is 5.80. The van der Waals surface area contributed by atoms with Crippen LogP contribution in [-0.4, -0.2) is 14.5 Å². The summed E-state index contributed by atoms with van der Waals surface area (Å²) in [5, 5.41) is 1.12. The molecule has 0 bridgehead atoms. The van der Waals surface area contributed by atoms with Gasteiger partial charge in [-0.3, -0.25) is 0 Å². The summed E-state index contributed by atoms with van der Waals surface area (Å²) in [6.07, 6.45) is 2.97. The summed E-state index contributed by atoms with van der Waals surface area (Å²) in [7, 11) is 0. The van der Waals surface area contributed by atoms with Gasteiger partial charge in [-0.2, -0.15) is 0 Å². The highest BCUT2D eigenvalue weighted by atomic mass is 15.1. The Bertz CT molecular complexity index is 540. The fraction of sp³-hybridized carbons (Fsp3) is 0.538. The molecule has 2 aromatic rings. The van der Waals surface area contributed by atoms with Gasteiger partial charge in [0.25, 0.3) is 0 Å². The summed E-state index contributed by atoms with van der Waals surface area (Å²) in [6.45, 7) is 8.96. The maximum Gasteiger partial charge on any atom is 0.144 e. The van der Waals surface area contributed by atoms with Crippen LogP contribution in [0.3, 0.4) is 0 Å². The van der Waals surface area contributed by atoms with Crippen LogP contribution in [0.1, 0.15) is 43.9 Å². The van der Waals surface area contributed by atoms with Crippen molar-refractivity contribution in [3.63, 3.8) is 0 Å². The molecule has 0 aliphatic heterocycles.